The average Bonchev–Trinajstić information content (AvgIpc) is 2.60. The molecule has 1 N–H and O–H groups in total. The lowest BCUT2D eigenvalue weighted by Gasteiger charge is -2.33. The van der Waals surface area contributed by atoms with Gasteiger partial charge in [0.2, 0.25) is 0 Å². The van der Waals surface area contributed by atoms with Crippen LogP contribution in [0.3, 0.4) is 0 Å². The van der Waals surface area contributed by atoms with E-state index in [-0.39, 0.29) is 4.75 Å². The highest BCUT2D eigenvalue weighted by Crippen LogP contribution is 2.33. The monoisotopic (exact) mass is 351 g/mol. The Labute approximate surface area is 149 Å². The van der Waals surface area contributed by atoms with E-state index in [1.54, 1.807) is 14.2 Å². The number of rotatable bonds is 5. The molecule has 0 aromatic heterocycles. The first kappa shape index (κ1) is 18.8. The minimum absolute atomic E-state index is 0.181. The number of ether oxygens (including phenoxy) is 2. The predicted molar refractivity (Wildman–Crippen MR) is 103 cm³/mol. The molecule has 1 aliphatic rings. The number of aliphatic imine (C=N–C) groups is 1. The third-order valence-corrected chi connectivity index (χ3v) is 5.70. The quantitative estimate of drug-likeness (QED) is 0.653. The van der Waals surface area contributed by atoms with Gasteiger partial charge in [-0.25, -0.2) is 0 Å². The van der Waals surface area contributed by atoms with Crippen molar-refractivity contribution in [2.45, 2.75) is 31.6 Å². The lowest BCUT2D eigenvalue weighted by Crippen LogP contribution is -2.47. The Morgan fingerprint density at radius 1 is 1.25 bits per heavy atom. The van der Waals surface area contributed by atoms with E-state index in [1.807, 2.05) is 18.8 Å². The first-order valence-electron chi connectivity index (χ1n) is 8.18. The number of guanidine groups is 1. The molecule has 5 nitrogen and oxygen atoms in total. The van der Waals surface area contributed by atoms with Gasteiger partial charge in [-0.1, -0.05) is 0 Å². The molecule has 0 aliphatic carbocycles. The van der Waals surface area contributed by atoms with Crippen LogP contribution in [0.1, 0.15) is 25.0 Å². The summed E-state index contributed by atoms with van der Waals surface area (Å²) in [7, 11) is 5.20. The maximum Gasteiger partial charge on any atom is 0.194 e. The zero-order valence-electron chi connectivity index (χ0n) is 15.6. The Kier molecular flexibility index (Phi) is 6.27. The molecule has 1 aliphatic heterocycles. The van der Waals surface area contributed by atoms with Gasteiger partial charge in [-0.05, 0) is 49.8 Å². The zero-order chi connectivity index (χ0) is 17.7. The van der Waals surface area contributed by atoms with E-state index in [2.05, 4.69) is 47.4 Å². The van der Waals surface area contributed by atoms with E-state index in [1.165, 1.54) is 11.1 Å². The van der Waals surface area contributed by atoms with Gasteiger partial charge in [0.25, 0.3) is 0 Å². The summed E-state index contributed by atoms with van der Waals surface area (Å²) in [5, 5.41) is 3.51. The average molecular weight is 352 g/mol. The first-order chi connectivity index (χ1) is 11.4. The van der Waals surface area contributed by atoms with Gasteiger partial charge in [-0.3, -0.25) is 4.99 Å². The molecule has 0 radical (unpaired) electrons. The number of nitrogens with one attached hydrogen (secondary N) is 1. The van der Waals surface area contributed by atoms with Crippen molar-refractivity contribution in [1.82, 2.24) is 10.2 Å². The van der Waals surface area contributed by atoms with Crippen molar-refractivity contribution in [2.75, 3.05) is 40.6 Å². The summed E-state index contributed by atoms with van der Waals surface area (Å²) < 4.78 is 11.0. The molecule has 134 valence electrons. The fourth-order valence-corrected chi connectivity index (χ4v) is 2.98. The Morgan fingerprint density at radius 3 is 2.42 bits per heavy atom. The summed E-state index contributed by atoms with van der Waals surface area (Å²) in [5.74, 6) is 2.54. The maximum atomic E-state index is 5.44. The molecule has 0 fully saturated rings. The van der Waals surface area contributed by atoms with E-state index in [0.717, 1.165) is 43.5 Å². The van der Waals surface area contributed by atoms with Crippen molar-refractivity contribution < 1.29 is 9.47 Å². The van der Waals surface area contributed by atoms with E-state index in [9.17, 15) is 0 Å². The molecule has 1 heterocycles. The predicted octanol–water partition coefficient (Wildman–Crippen LogP) is 2.78. The minimum Gasteiger partial charge on any atom is -0.493 e. The summed E-state index contributed by atoms with van der Waals surface area (Å²) >= 11 is 1.86. The molecule has 2 rings (SSSR count). The Hall–Kier alpha value is -1.56. The van der Waals surface area contributed by atoms with Gasteiger partial charge >= 0.3 is 0 Å². The highest BCUT2D eigenvalue weighted by atomic mass is 32.2. The maximum absolute atomic E-state index is 5.44. The summed E-state index contributed by atoms with van der Waals surface area (Å²) in [6.07, 6.45) is 3.11. The van der Waals surface area contributed by atoms with Crippen molar-refractivity contribution in [3.63, 3.8) is 0 Å². The largest absolute Gasteiger partial charge is 0.493 e. The highest BCUT2D eigenvalue weighted by Gasteiger charge is 2.23. The van der Waals surface area contributed by atoms with Gasteiger partial charge in [-0.2, -0.15) is 11.8 Å². The van der Waals surface area contributed by atoms with Crippen LogP contribution in [0.25, 0.3) is 0 Å². The van der Waals surface area contributed by atoms with E-state index >= 15 is 0 Å². The standard InChI is InChI=1S/C18H29N3O2S/c1-18(2,24-6)12-20-17(19-3)21-8-7-13-9-15(22-4)16(23-5)10-14(13)11-21/h9-10H,7-8,11-12H2,1-6H3,(H,19,20). The molecule has 0 spiro atoms. The normalized spacial score (nSPS) is 15.1. The molecular weight excluding hydrogens is 322 g/mol. The fraction of sp³-hybridized carbons (Fsp3) is 0.611. The summed E-state index contributed by atoms with van der Waals surface area (Å²) in [6, 6.07) is 4.18. The van der Waals surface area contributed by atoms with Crippen molar-refractivity contribution in [3.05, 3.63) is 23.3 Å². The molecule has 1 aromatic carbocycles. The summed E-state index contributed by atoms with van der Waals surface area (Å²) in [4.78, 5) is 6.76. The highest BCUT2D eigenvalue weighted by molar-refractivity contribution is 7.99. The molecule has 0 unspecified atom stereocenters. The van der Waals surface area contributed by atoms with Gasteiger partial charge in [0.15, 0.2) is 17.5 Å². The molecule has 6 heteroatoms. The number of thioether (sulfide) groups is 1. The second-order valence-electron chi connectivity index (χ2n) is 6.51. The van der Waals surface area contributed by atoms with Crippen molar-refractivity contribution in [3.8, 4) is 11.5 Å². The Bertz CT molecular complexity index is 602. The summed E-state index contributed by atoms with van der Waals surface area (Å²) in [6.45, 7) is 7.13. The number of benzene rings is 1. The van der Waals surface area contributed by atoms with Gasteiger partial charge < -0.3 is 19.7 Å². The van der Waals surface area contributed by atoms with Gasteiger partial charge in [0, 0.05) is 31.4 Å². The van der Waals surface area contributed by atoms with Gasteiger partial charge in [0.05, 0.1) is 14.2 Å². The minimum atomic E-state index is 0.181. The van der Waals surface area contributed by atoms with Crippen LogP contribution >= 0.6 is 11.8 Å². The van der Waals surface area contributed by atoms with Gasteiger partial charge in [-0.15, -0.1) is 0 Å². The zero-order valence-corrected chi connectivity index (χ0v) is 16.4. The first-order valence-corrected chi connectivity index (χ1v) is 9.41. The fourth-order valence-electron chi connectivity index (χ4n) is 2.76. The number of methoxy groups -OCH3 is 2. The molecule has 0 bridgehead atoms. The third-order valence-electron chi connectivity index (χ3n) is 4.45. The van der Waals surface area contributed by atoms with E-state index < -0.39 is 0 Å². The van der Waals surface area contributed by atoms with Crippen molar-refractivity contribution >= 4 is 17.7 Å². The van der Waals surface area contributed by atoms with Crippen LogP contribution in [0, 0.1) is 0 Å². The molecule has 0 saturated carbocycles. The van der Waals surface area contributed by atoms with Crippen LogP contribution in [0.4, 0.5) is 0 Å². The third kappa shape index (κ3) is 4.29. The molecule has 0 atom stereocenters. The Morgan fingerprint density at radius 2 is 1.88 bits per heavy atom. The molecule has 24 heavy (non-hydrogen) atoms. The lowest BCUT2D eigenvalue weighted by atomic mass is 9.99. The number of fused-ring (bicyclic) bond motifs is 1. The Balaban J connectivity index is 2.13. The molecule has 0 saturated heterocycles. The molecular formula is C18H29N3O2S. The van der Waals surface area contributed by atoms with Crippen LogP contribution < -0.4 is 14.8 Å². The number of nitrogens with zero attached hydrogens (tertiary/aromatic N) is 2. The van der Waals surface area contributed by atoms with Crippen LogP contribution in [0.2, 0.25) is 0 Å². The van der Waals surface area contributed by atoms with Crippen LogP contribution in [-0.4, -0.2) is 56.2 Å². The number of hydrogen-bond acceptors (Lipinski definition) is 4. The van der Waals surface area contributed by atoms with Crippen LogP contribution in [0.15, 0.2) is 17.1 Å². The van der Waals surface area contributed by atoms with Crippen molar-refractivity contribution in [2.24, 2.45) is 4.99 Å². The van der Waals surface area contributed by atoms with Crippen molar-refractivity contribution in [1.29, 1.82) is 0 Å². The van der Waals surface area contributed by atoms with Gasteiger partial charge in [0.1, 0.15) is 0 Å². The topological polar surface area (TPSA) is 46.1 Å². The van der Waals surface area contributed by atoms with E-state index in [4.69, 9.17) is 9.47 Å². The second-order valence-corrected chi connectivity index (χ2v) is 8.03. The number of hydrogen-bond donors (Lipinski definition) is 1. The molecule has 1 aromatic rings. The van der Waals surface area contributed by atoms with Crippen LogP contribution in [-0.2, 0) is 13.0 Å². The van der Waals surface area contributed by atoms with E-state index in [0.29, 0.717) is 0 Å². The SMILES string of the molecule is CN=C(NCC(C)(C)SC)N1CCc2cc(OC)c(OC)cc2C1. The van der Waals surface area contributed by atoms with Crippen LogP contribution in [0.5, 0.6) is 11.5 Å². The second kappa shape index (κ2) is 8.01. The summed E-state index contributed by atoms with van der Waals surface area (Å²) in [5.41, 5.74) is 2.59. The lowest BCUT2D eigenvalue weighted by molar-refractivity contribution is 0.345. The smallest absolute Gasteiger partial charge is 0.194 e. The molecule has 0 amide bonds.